The molecule has 2 amide bonds. The van der Waals surface area contributed by atoms with Crippen molar-refractivity contribution in [3.8, 4) is 0 Å². The molecule has 1 saturated carbocycles. The molecule has 0 radical (unpaired) electrons. The molecule has 0 heterocycles. The number of amides is 2. The summed E-state index contributed by atoms with van der Waals surface area (Å²) in [6.45, 7) is 8.21. The lowest BCUT2D eigenvalue weighted by atomic mass is 9.78. The molecule has 2 N–H and O–H groups in total. The molecule has 5 heteroatoms. The molecule has 1 aliphatic carbocycles. The number of rotatable bonds is 4. The van der Waals surface area contributed by atoms with E-state index in [-0.39, 0.29) is 23.9 Å². The van der Waals surface area contributed by atoms with Crippen molar-refractivity contribution >= 4 is 12.0 Å². The summed E-state index contributed by atoms with van der Waals surface area (Å²) in [6.07, 6.45) is 4.66. The first-order valence-corrected chi connectivity index (χ1v) is 7.85. The molecule has 122 valence electrons. The van der Waals surface area contributed by atoms with Crippen molar-refractivity contribution in [1.29, 1.82) is 0 Å². The van der Waals surface area contributed by atoms with Crippen LogP contribution in [0.25, 0.3) is 0 Å². The molecular weight excluding hydrogens is 268 g/mol. The van der Waals surface area contributed by atoms with E-state index in [1.165, 1.54) is 0 Å². The lowest BCUT2D eigenvalue weighted by molar-refractivity contribution is -0.140. The summed E-state index contributed by atoms with van der Waals surface area (Å²) in [5, 5.41) is 12.2. The first-order valence-electron chi connectivity index (χ1n) is 7.85. The van der Waals surface area contributed by atoms with Crippen LogP contribution in [0.4, 0.5) is 4.79 Å². The quantitative estimate of drug-likeness (QED) is 0.837. The second-order valence-electron chi connectivity index (χ2n) is 7.45. The maximum absolute atomic E-state index is 12.5. The highest BCUT2D eigenvalue weighted by Gasteiger charge is 2.41. The molecule has 0 aliphatic heterocycles. The van der Waals surface area contributed by atoms with Crippen molar-refractivity contribution in [1.82, 2.24) is 10.2 Å². The second-order valence-corrected chi connectivity index (χ2v) is 7.45. The molecule has 0 spiro atoms. The highest BCUT2D eigenvalue weighted by Crippen LogP contribution is 2.36. The lowest BCUT2D eigenvalue weighted by Crippen LogP contribution is -2.57. The van der Waals surface area contributed by atoms with E-state index in [9.17, 15) is 14.7 Å². The Kier molecular flexibility index (Phi) is 5.65. The first kappa shape index (κ1) is 17.8. The fraction of sp³-hybridized carbons (Fsp3) is 0.875. The average molecular weight is 298 g/mol. The van der Waals surface area contributed by atoms with E-state index in [0.717, 1.165) is 32.1 Å². The van der Waals surface area contributed by atoms with E-state index >= 15 is 0 Å². The topological polar surface area (TPSA) is 69.6 Å². The summed E-state index contributed by atoms with van der Waals surface area (Å²) < 4.78 is 0. The van der Waals surface area contributed by atoms with Gasteiger partial charge in [0.15, 0.2) is 0 Å². The first-order chi connectivity index (χ1) is 9.58. The van der Waals surface area contributed by atoms with Crippen LogP contribution in [0.15, 0.2) is 0 Å². The van der Waals surface area contributed by atoms with Crippen LogP contribution in [0.3, 0.4) is 0 Å². The SMILES string of the molecule is CC(NC(=O)N(C)C1(CC(=O)O)CCCCC1)C(C)(C)C. The van der Waals surface area contributed by atoms with Crippen LogP contribution in [0.2, 0.25) is 0 Å². The molecule has 0 bridgehead atoms. The van der Waals surface area contributed by atoms with Crippen LogP contribution in [-0.4, -0.2) is 40.6 Å². The molecule has 1 rings (SSSR count). The molecule has 1 fully saturated rings. The van der Waals surface area contributed by atoms with E-state index in [1.807, 2.05) is 6.92 Å². The number of aliphatic carboxylic acids is 1. The van der Waals surface area contributed by atoms with Gasteiger partial charge in [-0.15, -0.1) is 0 Å². The number of hydrogen-bond acceptors (Lipinski definition) is 2. The molecule has 1 aliphatic rings. The smallest absolute Gasteiger partial charge is 0.317 e. The third kappa shape index (κ3) is 4.61. The summed E-state index contributed by atoms with van der Waals surface area (Å²) in [7, 11) is 1.74. The molecule has 0 aromatic heterocycles. The molecule has 0 aromatic carbocycles. The Morgan fingerprint density at radius 3 is 2.19 bits per heavy atom. The Bertz CT molecular complexity index is 381. The molecule has 1 unspecified atom stereocenters. The van der Waals surface area contributed by atoms with E-state index in [1.54, 1.807) is 11.9 Å². The number of nitrogens with zero attached hydrogens (tertiary/aromatic N) is 1. The number of urea groups is 1. The van der Waals surface area contributed by atoms with Crippen molar-refractivity contribution in [2.24, 2.45) is 5.41 Å². The Labute approximate surface area is 128 Å². The van der Waals surface area contributed by atoms with E-state index in [2.05, 4.69) is 26.1 Å². The summed E-state index contributed by atoms with van der Waals surface area (Å²) >= 11 is 0. The minimum absolute atomic E-state index is 0.0248. The van der Waals surface area contributed by atoms with Gasteiger partial charge < -0.3 is 15.3 Å². The van der Waals surface area contributed by atoms with Gasteiger partial charge in [-0.25, -0.2) is 4.79 Å². The molecule has 5 nitrogen and oxygen atoms in total. The van der Waals surface area contributed by atoms with Gasteiger partial charge in [0, 0.05) is 13.1 Å². The monoisotopic (exact) mass is 298 g/mol. The van der Waals surface area contributed by atoms with E-state index in [4.69, 9.17) is 0 Å². The van der Waals surface area contributed by atoms with Gasteiger partial charge in [0.05, 0.1) is 12.0 Å². The standard InChI is InChI=1S/C16H30N2O3/c1-12(15(2,3)4)17-14(21)18(5)16(11-13(19)20)9-7-6-8-10-16/h12H,6-11H2,1-5H3,(H,17,21)(H,19,20). The van der Waals surface area contributed by atoms with Crippen molar-refractivity contribution in [2.45, 2.75) is 77.8 Å². The number of carboxylic acid groups (broad SMARTS) is 1. The lowest BCUT2D eigenvalue weighted by Gasteiger charge is -2.44. The normalized spacial score (nSPS) is 19.7. The highest BCUT2D eigenvalue weighted by molar-refractivity contribution is 5.77. The van der Waals surface area contributed by atoms with Crippen molar-refractivity contribution in [3.05, 3.63) is 0 Å². The zero-order valence-corrected chi connectivity index (χ0v) is 14.0. The minimum Gasteiger partial charge on any atom is -0.481 e. The van der Waals surface area contributed by atoms with Gasteiger partial charge in [0.2, 0.25) is 0 Å². The van der Waals surface area contributed by atoms with Crippen molar-refractivity contribution < 1.29 is 14.7 Å². The van der Waals surface area contributed by atoms with Crippen LogP contribution < -0.4 is 5.32 Å². The van der Waals surface area contributed by atoms with Gasteiger partial charge in [-0.2, -0.15) is 0 Å². The van der Waals surface area contributed by atoms with Crippen LogP contribution in [0.1, 0.15) is 66.2 Å². The summed E-state index contributed by atoms with van der Waals surface area (Å²) in [5.74, 6) is -0.833. The second kappa shape index (κ2) is 6.67. The van der Waals surface area contributed by atoms with Gasteiger partial charge in [0.1, 0.15) is 0 Å². The number of carboxylic acids is 1. The molecule has 1 atom stereocenters. The third-order valence-electron chi connectivity index (χ3n) is 4.92. The Balaban J connectivity index is 2.82. The van der Waals surface area contributed by atoms with Crippen LogP contribution in [-0.2, 0) is 4.79 Å². The Morgan fingerprint density at radius 1 is 1.24 bits per heavy atom. The highest BCUT2D eigenvalue weighted by atomic mass is 16.4. The minimum atomic E-state index is -0.833. The molecular formula is C16H30N2O3. The van der Waals surface area contributed by atoms with Gasteiger partial charge in [0.25, 0.3) is 0 Å². The van der Waals surface area contributed by atoms with Crippen LogP contribution in [0, 0.1) is 5.41 Å². The predicted molar refractivity (Wildman–Crippen MR) is 83.3 cm³/mol. The Hall–Kier alpha value is -1.26. The average Bonchev–Trinajstić information content (AvgIpc) is 2.36. The fourth-order valence-electron chi connectivity index (χ4n) is 2.84. The maximum Gasteiger partial charge on any atom is 0.317 e. The number of carbonyl (C=O) groups is 2. The number of carbonyl (C=O) groups excluding carboxylic acids is 1. The maximum atomic E-state index is 12.5. The van der Waals surface area contributed by atoms with Crippen LogP contribution >= 0.6 is 0 Å². The summed E-state index contributed by atoms with van der Waals surface area (Å²) in [4.78, 5) is 25.4. The molecule has 0 saturated heterocycles. The van der Waals surface area contributed by atoms with E-state index < -0.39 is 11.5 Å². The van der Waals surface area contributed by atoms with Gasteiger partial charge in [-0.1, -0.05) is 40.0 Å². The molecule has 0 aromatic rings. The van der Waals surface area contributed by atoms with Crippen LogP contribution in [0.5, 0.6) is 0 Å². The number of hydrogen-bond donors (Lipinski definition) is 2. The largest absolute Gasteiger partial charge is 0.481 e. The van der Waals surface area contributed by atoms with Gasteiger partial charge in [-0.05, 0) is 25.2 Å². The van der Waals surface area contributed by atoms with Gasteiger partial charge in [-0.3, -0.25) is 4.79 Å². The number of nitrogens with one attached hydrogen (secondary N) is 1. The van der Waals surface area contributed by atoms with E-state index in [0.29, 0.717) is 0 Å². The predicted octanol–water partition coefficient (Wildman–Crippen LogP) is 3.24. The fourth-order valence-corrected chi connectivity index (χ4v) is 2.84. The Morgan fingerprint density at radius 2 is 1.76 bits per heavy atom. The van der Waals surface area contributed by atoms with Crippen molar-refractivity contribution in [3.63, 3.8) is 0 Å². The molecule has 21 heavy (non-hydrogen) atoms. The third-order valence-corrected chi connectivity index (χ3v) is 4.92. The van der Waals surface area contributed by atoms with Crippen molar-refractivity contribution in [2.75, 3.05) is 7.05 Å². The zero-order valence-electron chi connectivity index (χ0n) is 14.0. The van der Waals surface area contributed by atoms with Gasteiger partial charge >= 0.3 is 12.0 Å². The zero-order chi connectivity index (χ0) is 16.3. The summed E-state index contributed by atoms with van der Waals surface area (Å²) in [5.41, 5.74) is -0.561. The summed E-state index contributed by atoms with van der Waals surface area (Å²) in [6, 6.07) is -0.140.